The van der Waals surface area contributed by atoms with Gasteiger partial charge < -0.3 is 9.73 Å². The van der Waals surface area contributed by atoms with E-state index in [4.69, 9.17) is 4.42 Å². The van der Waals surface area contributed by atoms with Gasteiger partial charge in [-0.25, -0.2) is 0 Å². The molecular formula is C19H25NO2. The summed E-state index contributed by atoms with van der Waals surface area (Å²) in [5.41, 5.74) is 2.27. The topological polar surface area (TPSA) is 42.2 Å². The minimum Gasteiger partial charge on any atom is -0.466 e. The Morgan fingerprint density at radius 3 is 2.41 bits per heavy atom. The molecule has 0 bridgehead atoms. The molecule has 1 heterocycles. The second-order valence-corrected chi connectivity index (χ2v) is 6.18. The Hall–Kier alpha value is -2.03. The summed E-state index contributed by atoms with van der Waals surface area (Å²) in [6.07, 6.45) is 0.511. The van der Waals surface area contributed by atoms with Crippen LogP contribution >= 0.6 is 0 Å². The van der Waals surface area contributed by atoms with Gasteiger partial charge in [-0.3, -0.25) is 4.79 Å². The molecule has 3 heteroatoms. The second-order valence-electron chi connectivity index (χ2n) is 6.18. The predicted octanol–water partition coefficient (Wildman–Crippen LogP) is 4.34. The molecule has 0 fully saturated rings. The van der Waals surface area contributed by atoms with Gasteiger partial charge in [-0.2, -0.15) is 0 Å². The van der Waals surface area contributed by atoms with E-state index in [1.165, 1.54) is 5.56 Å². The SMILES string of the molecule is Cc1cc(CNC(=O)CC(c2ccccc2)C(C)C)c(C)o1. The van der Waals surface area contributed by atoms with Crippen LogP contribution in [0.2, 0.25) is 0 Å². The number of carbonyl (C=O) groups excluding carboxylic acids is 1. The fraction of sp³-hybridized carbons (Fsp3) is 0.421. The first-order valence-corrected chi connectivity index (χ1v) is 7.85. The van der Waals surface area contributed by atoms with Crippen molar-refractivity contribution in [1.29, 1.82) is 0 Å². The highest BCUT2D eigenvalue weighted by atomic mass is 16.3. The van der Waals surface area contributed by atoms with Crippen molar-refractivity contribution < 1.29 is 9.21 Å². The minimum atomic E-state index is 0.0841. The quantitative estimate of drug-likeness (QED) is 0.862. The third-order valence-electron chi connectivity index (χ3n) is 4.06. The van der Waals surface area contributed by atoms with Gasteiger partial charge in [0, 0.05) is 18.5 Å². The molecule has 1 aromatic carbocycles. The van der Waals surface area contributed by atoms with E-state index in [1.54, 1.807) is 0 Å². The van der Waals surface area contributed by atoms with E-state index in [9.17, 15) is 4.79 Å². The van der Waals surface area contributed by atoms with Crippen LogP contribution in [0.25, 0.3) is 0 Å². The largest absolute Gasteiger partial charge is 0.466 e. The van der Waals surface area contributed by atoms with Crippen molar-refractivity contribution in [3.63, 3.8) is 0 Å². The summed E-state index contributed by atoms with van der Waals surface area (Å²) in [4.78, 5) is 12.3. The molecule has 1 atom stereocenters. The van der Waals surface area contributed by atoms with E-state index in [2.05, 4.69) is 31.3 Å². The van der Waals surface area contributed by atoms with Crippen LogP contribution in [0, 0.1) is 19.8 Å². The van der Waals surface area contributed by atoms with Gasteiger partial charge in [0.25, 0.3) is 0 Å². The molecule has 1 unspecified atom stereocenters. The second kappa shape index (κ2) is 7.30. The van der Waals surface area contributed by atoms with Crippen LogP contribution in [-0.2, 0) is 11.3 Å². The fourth-order valence-corrected chi connectivity index (χ4v) is 2.76. The van der Waals surface area contributed by atoms with Crippen molar-refractivity contribution in [2.24, 2.45) is 5.92 Å². The van der Waals surface area contributed by atoms with Crippen molar-refractivity contribution in [2.45, 2.75) is 46.6 Å². The Labute approximate surface area is 132 Å². The van der Waals surface area contributed by atoms with Crippen LogP contribution < -0.4 is 5.32 Å². The van der Waals surface area contributed by atoms with Crippen LogP contribution in [0.1, 0.15) is 48.8 Å². The molecule has 1 amide bonds. The summed E-state index contributed by atoms with van der Waals surface area (Å²) in [6.45, 7) is 8.70. The molecule has 1 aromatic heterocycles. The highest BCUT2D eigenvalue weighted by molar-refractivity contribution is 5.77. The van der Waals surface area contributed by atoms with Gasteiger partial charge in [0.1, 0.15) is 11.5 Å². The first-order chi connectivity index (χ1) is 10.5. The van der Waals surface area contributed by atoms with Gasteiger partial charge in [-0.1, -0.05) is 44.2 Å². The standard InChI is InChI=1S/C19H25NO2/c1-13(2)18(16-8-6-5-7-9-16)11-19(21)20-12-17-10-14(3)22-15(17)4/h5-10,13,18H,11-12H2,1-4H3,(H,20,21). The molecule has 0 aliphatic heterocycles. The maximum absolute atomic E-state index is 12.3. The summed E-state index contributed by atoms with van der Waals surface area (Å²) in [5.74, 6) is 2.51. The Balaban J connectivity index is 1.96. The maximum Gasteiger partial charge on any atom is 0.220 e. The van der Waals surface area contributed by atoms with Gasteiger partial charge in [0.05, 0.1) is 0 Å². The van der Waals surface area contributed by atoms with Crippen LogP contribution in [0.15, 0.2) is 40.8 Å². The summed E-state index contributed by atoms with van der Waals surface area (Å²) in [6, 6.07) is 12.2. The van der Waals surface area contributed by atoms with E-state index >= 15 is 0 Å². The average Bonchev–Trinajstić information content (AvgIpc) is 2.81. The Morgan fingerprint density at radius 1 is 1.18 bits per heavy atom. The molecule has 0 saturated heterocycles. The first kappa shape index (κ1) is 16.3. The highest BCUT2D eigenvalue weighted by Gasteiger charge is 2.19. The zero-order chi connectivity index (χ0) is 16.1. The number of rotatable bonds is 6. The van der Waals surface area contributed by atoms with Crippen LogP contribution in [0.4, 0.5) is 0 Å². The predicted molar refractivity (Wildman–Crippen MR) is 88.7 cm³/mol. The van der Waals surface area contributed by atoms with E-state index < -0.39 is 0 Å². The molecule has 0 aliphatic rings. The van der Waals surface area contributed by atoms with Crippen LogP contribution in [0.5, 0.6) is 0 Å². The third-order valence-corrected chi connectivity index (χ3v) is 4.06. The van der Waals surface area contributed by atoms with Gasteiger partial charge in [0.15, 0.2) is 0 Å². The number of hydrogen-bond donors (Lipinski definition) is 1. The molecule has 0 saturated carbocycles. The normalized spacial score (nSPS) is 12.4. The van der Waals surface area contributed by atoms with Crippen molar-refractivity contribution >= 4 is 5.91 Å². The van der Waals surface area contributed by atoms with Gasteiger partial charge in [0.2, 0.25) is 5.91 Å². The Kier molecular flexibility index (Phi) is 5.42. The van der Waals surface area contributed by atoms with Crippen molar-refractivity contribution in [3.05, 3.63) is 59.0 Å². The van der Waals surface area contributed by atoms with Crippen LogP contribution in [-0.4, -0.2) is 5.91 Å². The molecule has 0 aliphatic carbocycles. The molecule has 2 rings (SSSR count). The molecular weight excluding hydrogens is 274 g/mol. The summed E-state index contributed by atoms with van der Waals surface area (Å²) in [5, 5.41) is 3.01. The monoisotopic (exact) mass is 299 g/mol. The van der Waals surface area contributed by atoms with Crippen molar-refractivity contribution in [3.8, 4) is 0 Å². The smallest absolute Gasteiger partial charge is 0.220 e. The fourth-order valence-electron chi connectivity index (χ4n) is 2.76. The molecule has 22 heavy (non-hydrogen) atoms. The number of carbonyl (C=O) groups is 1. The molecule has 3 nitrogen and oxygen atoms in total. The van der Waals surface area contributed by atoms with E-state index in [0.29, 0.717) is 18.9 Å². The average molecular weight is 299 g/mol. The minimum absolute atomic E-state index is 0.0841. The molecule has 0 radical (unpaired) electrons. The Bertz CT molecular complexity index is 614. The van der Waals surface area contributed by atoms with Gasteiger partial charge in [-0.05, 0) is 37.3 Å². The van der Waals surface area contributed by atoms with Gasteiger partial charge >= 0.3 is 0 Å². The lowest BCUT2D eigenvalue weighted by Crippen LogP contribution is -2.26. The molecule has 118 valence electrons. The lowest BCUT2D eigenvalue weighted by molar-refractivity contribution is -0.121. The van der Waals surface area contributed by atoms with Crippen LogP contribution in [0.3, 0.4) is 0 Å². The number of aryl methyl sites for hydroxylation is 2. The summed E-state index contributed by atoms with van der Waals surface area (Å²) in [7, 11) is 0. The first-order valence-electron chi connectivity index (χ1n) is 7.85. The molecule has 0 spiro atoms. The summed E-state index contributed by atoms with van der Waals surface area (Å²) < 4.78 is 5.48. The lowest BCUT2D eigenvalue weighted by atomic mass is 9.85. The molecule has 1 N–H and O–H groups in total. The van der Waals surface area contributed by atoms with E-state index in [0.717, 1.165) is 17.1 Å². The summed E-state index contributed by atoms with van der Waals surface area (Å²) >= 11 is 0. The zero-order valence-corrected chi connectivity index (χ0v) is 13.8. The number of hydrogen-bond acceptors (Lipinski definition) is 2. The number of furan rings is 1. The van der Waals surface area contributed by atoms with E-state index in [-0.39, 0.29) is 11.8 Å². The Morgan fingerprint density at radius 2 is 1.86 bits per heavy atom. The number of benzene rings is 1. The maximum atomic E-state index is 12.3. The third kappa shape index (κ3) is 4.23. The highest BCUT2D eigenvalue weighted by Crippen LogP contribution is 2.27. The number of amides is 1. The van der Waals surface area contributed by atoms with E-state index in [1.807, 2.05) is 38.1 Å². The molecule has 2 aromatic rings. The number of nitrogens with one attached hydrogen (secondary N) is 1. The zero-order valence-electron chi connectivity index (χ0n) is 13.8. The van der Waals surface area contributed by atoms with Gasteiger partial charge in [-0.15, -0.1) is 0 Å². The lowest BCUT2D eigenvalue weighted by Gasteiger charge is -2.21. The van der Waals surface area contributed by atoms with Crippen molar-refractivity contribution in [2.75, 3.05) is 0 Å². The van der Waals surface area contributed by atoms with Crippen molar-refractivity contribution in [1.82, 2.24) is 5.32 Å².